The fourth-order valence-corrected chi connectivity index (χ4v) is 2.07. The molecule has 1 aromatic carbocycles. The smallest absolute Gasteiger partial charge is 0.120 e. The highest BCUT2D eigenvalue weighted by atomic mass is 16.5. The first-order valence-corrected chi connectivity index (χ1v) is 6.62. The van der Waals surface area contributed by atoms with E-state index in [9.17, 15) is 0 Å². The molecule has 0 radical (unpaired) electrons. The summed E-state index contributed by atoms with van der Waals surface area (Å²) in [5.74, 6) is 1.00. The lowest BCUT2D eigenvalue weighted by atomic mass is 10.1. The quantitative estimate of drug-likeness (QED) is 0.814. The highest BCUT2D eigenvalue weighted by Gasteiger charge is 2.20. The van der Waals surface area contributed by atoms with Gasteiger partial charge in [0.2, 0.25) is 0 Å². The van der Waals surface area contributed by atoms with Crippen LogP contribution in [-0.2, 0) is 0 Å². The van der Waals surface area contributed by atoms with Crippen molar-refractivity contribution in [1.82, 2.24) is 5.32 Å². The Morgan fingerprint density at radius 2 is 1.88 bits per heavy atom. The Hall–Kier alpha value is -1.02. The van der Waals surface area contributed by atoms with E-state index in [1.807, 2.05) is 0 Å². The van der Waals surface area contributed by atoms with Crippen molar-refractivity contribution >= 4 is 0 Å². The molecule has 1 N–H and O–H groups in total. The zero-order valence-corrected chi connectivity index (χ0v) is 11.1. The molecule has 0 bridgehead atoms. The van der Waals surface area contributed by atoms with Crippen molar-refractivity contribution in [2.45, 2.75) is 52.2 Å². The van der Waals surface area contributed by atoms with Crippen molar-refractivity contribution in [2.24, 2.45) is 0 Å². The molecule has 2 rings (SSSR count). The van der Waals surface area contributed by atoms with Gasteiger partial charge in [0.25, 0.3) is 0 Å². The second-order valence-corrected chi connectivity index (χ2v) is 5.27. The summed E-state index contributed by atoms with van der Waals surface area (Å²) in [6.45, 7) is 7.43. The van der Waals surface area contributed by atoms with Gasteiger partial charge in [0, 0.05) is 6.04 Å². The standard InChI is InChI=1S/C15H23NO/c1-11-8-12(2)10-15(9-11)17-13(3)6-7-16-14-4-5-14/h8-10,13-14,16H,4-7H2,1-3H3. The van der Waals surface area contributed by atoms with Gasteiger partial charge in [-0.3, -0.25) is 0 Å². The largest absolute Gasteiger partial charge is 0.491 e. The molecule has 94 valence electrons. The molecule has 1 unspecified atom stereocenters. The summed E-state index contributed by atoms with van der Waals surface area (Å²) in [6.07, 6.45) is 4.06. The van der Waals surface area contributed by atoms with Crippen LogP contribution in [0.5, 0.6) is 5.75 Å². The van der Waals surface area contributed by atoms with Gasteiger partial charge in [-0.1, -0.05) is 6.07 Å². The van der Waals surface area contributed by atoms with Crippen LogP contribution in [-0.4, -0.2) is 18.7 Å². The van der Waals surface area contributed by atoms with E-state index < -0.39 is 0 Å². The average molecular weight is 233 g/mol. The highest BCUT2D eigenvalue weighted by molar-refractivity contribution is 5.33. The molecular weight excluding hydrogens is 210 g/mol. The molecule has 0 spiro atoms. The fraction of sp³-hybridized carbons (Fsp3) is 0.600. The summed E-state index contributed by atoms with van der Waals surface area (Å²) in [6, 6.07) is 7.19. The molecule has 17 heavy (non-hydrogen) atoms. The minimum Gasteiger partial charge on any atom is -0.491 e. The van der Waals surface area contributed by atoms with Gasteiger partial charge in [0.15, 0.2) is 0 Å². The Morgan fingerprint density at radius 1 is 1.24 bits per heavy atom. The molecule has 0 aliphatic heterocycles. The Bertz CT molecular complexity index is 351. The van der Waals surface area contributed by atoms with Crippen molar-refractivity contribution in [3.8, 4) is 5.75 Å². The second kappa shape index (κ2) is 5.54. The second-order valence-electron chi connectivity index (χ2n) is 5.27. The molecule has 1 aliphatic rings. The number of hydrogen-bond acceptors (Lipinski definition) is 2. The molecular formula is C15H23NO. The van der Waals surface area contributed by atoms with Crippen LogP contribution in [0.4, 0.5) is 0 Å². The molecule has 2 heteroatoms. The van der Waals surface area contributed by atoms with Gasteiger partial charge >= 0.3 is 0 Å². The van der Waals surface area contributed by atoms with Crippen LogP contribution in [0.1, 0.15) is 37.3 Å². The van der Waals surface area contributed by atoms with Crippen LogP contribution in [0.25, 0.3) is 0 Å². The van der Waals surface area contributed by atoms with Gasteiger partial charge in [-0.05, 0) is 69.8 Å². The lowest BCUT2D eigenvalue weighted by Gasteiger charge is -2.16. The van der Waals surface area contributed by atoms with Crippen LogP contribution in [0, 0.1) is 13.8 Å². The van der Waals surface area contributed by atoms with E-state index in [-0.39, 0.29) is 6.10 Å². The van der Waals surface area contributed by atoms with E-state index in [0.717, 1.165) is 24.8 Å². The minimum atomic E-state index is 0.280. The topological polar surface area (TPSA) is 21.3 Å². The minimum absolute atomic E-state index is 0.280. The van der Waals surface area contributed by atoms with Gasteiger partial charge in [-0.25, -0.2) is 0 Å². The highest BCUT2D eigenvalue weighted by Crippen LogP contribution is 2.20. The third kappa shape index (κ3) is 4.39. The Kier molecular flexibility index (Phi) is 4.06. The Labute approximate surface area is 104 Å². The summed E-state index contributed by atoms with van der Waals surface area (Å²) >= 11 is 0. The maximum Gasteiger partial charge on any atom is 0.120 e. The van der Waals surface area contributed by atoms with Gasteiger partial charge in [0.1, 0.15) is 5.75 Å². The van der Waals surface area contributed by atoms with Gasteiger partial charge in [-0.2, -0.15) is 0 Å². The predicted octanol–water partition coefficient (Wildman–Crippen LogP) is 3.21. The molecule has 2 nitrogen and oxygen atoms in total. The van der Waals surface area contributed by atoms with E-state index in [2.05, 4.69) is 44.3 Å². The summed E-state index contributed by atoms with van der Waals surface area (Å²) in [7, 11) is 0. The van der Waals surface area contributed by atoms with Gasteiger partial charge in [-0.15, -0.1) is 0 Å². The SMILES string of the molecule is Cc1cc(C)cc(OC(C)CCNC2CC2)c1. The number of nitrogens with one attached hydrogen (secondary N) is 1. The molecule has 0 aromatic heterocycles. The molecule has 1 atom stereocenters. The van der Waals surface area contributed by atoms with Crippen molar-refractivity contribution in [1.29, 1.82) is 0 Å². The number of rotatable bonds is 6. The first-order valence-electron chi connectivity index (χ1n) is 6.62. The van der Waals surface area contributed by atoms with Gasteiger partial charge in [0.05, 0.1) is 6.10 Å². The summed E-state index contributed by atoms with van der Waals surface area (Å²) < 4.78 is 5.94. The first kappa shape index (κ1) is 12.4. The van der Waals surface area contributed by atoms with E-state index in [1.54, 1.807) is 0 Å². The molecule has 0 saturated heterocycles. The monoisotopic (exact) mass is 233 g/mol. The summed E-state index contributed by atoms with van der Waals surface area (Å²) in [4.78, 5) is 0. The maximum absolute atomic E-state index is 5.94. The number of hydrogen-bond donors (Lipinski definition) is 1. The lowest BCUT2D eigenvalue weighted by molar-refractivity contribution is 0.209. The molecule has 0 amide bonds. The molecule has 1 fully saturated rings. The van der Waals surface area contributed by atoms with E-state index in [4.69, 9.17) is 4.74 Å². The average Bonchev–Trinajstić information content (AvgIpc) is 2.99. The van der Waals surface area contributed by atoms with Crippen molar-refractivity contribution in [3.05, 3.63) is 29.3 Å². The van der Waals surface area contributed by atoms with E-state index in [1.165, 1.54) is 24.0 Å². The normalized spacial score (nSPS) is 16.9. The van der Waals surface area contributed by atoms with E-state index in [0.29, 0.717) is 0 Å². The molecule has 1 saturated carbocycles. The van der Waals surface area contributed by atoms with Crippen LogP contribution >= 0.6 is 0 Å². The molecule has 1 aromatic rings. The third-order valence-electron chi connectivity index (χ3n) is 3.09. The predicted molar refractivity (Wildman–Crippen MR) is 71.6 cm³/mol. The molecule has 1 aliphatic carbocycles. The summed E-state index contributed by atoms with van der Waals surface area (Å²) in [5.41, 5.74) is 2.53. The number of benzene rings is 1. The first-order chi connectivity index (χ1) is 8.13. The Balaban J connectivity index is 1.77. The maximum atomic E-state index is 5.94. The number of aryl methyl sites for hydroxylation is 2. The Morgan fingerprint density at radius 3 is 2.47 bits per heavy atom. The van der Waals surface area contributed by atoms with Crippen LogP contribution in [0.3, 0.4) is 0 Å². The van der Waals surface area contributed by atoms with Crippen LogP contribution in [0.2, 0.25) is 0 Å². The van der Waals surface area contributed by atoms with Gasteiger partial charge < -0.3 is 10.1 Å². The third-order valence-corrected chi connectivity index (χ3v) is 3.09. The van der Waals surface area contributed by atoms with E-state index >= 15 is 0 Å². The van der Waals surface area contributed by atoms with Crippen molar-refractivity contribution in [3.63, 3.8) is 0 Å². The fourth-order valence-electron chi connectivity index (χ4n) is 2.07. The van der Waals surface area contributed by atoms with Crippen molar-refractivity contribution < 1.29 is 4.74 Å². The van der Waals surface area contributed by atoms with Crippen molar-refractivity contribution in [2.75, 3.05) is 6.54 Å². The number of ether oxygens (including phenoxy) is 1. The molecule has 0 heterocycles. The van der Waals surface area contributed by atoms with Crippen LogP contribution < -0.4 is 10.1 Å². The zero-order valence-electron chi connectivity index (χ0n) is 11.1. The summed E-state index contributed by atoms with van der Waals surface area (Å²) in [5, 5.41) is 3.52. The lowest BCUT2D eigenvalue weighted by Crippen LogP contribution is -2.23. The zero-order chi connectivity index (χ0) is 12.3. The van der Waals surface area contributed by atoms with Crippen LogP contribution in [0.15, 0.2) is 18.2 Å².